The fourth-order valence-electron chi connectivity index (χ4n) is 2.06. The second-order valence-electron chi connectivity index (χ2n) is 4.67. The molecule has 0 radical (unpaired) electrons. The predicted molar refractivity (Wildman–Crippen MR) is 83.4 cm³/mol. The molecule has 0 N–H and O–H groups in total. The number of rotatable bonds is 5. The Kier molecular flexibility index (Phi) is 4.22. The van der Waals surface area contributed by atoms with Crippen molar-refractivity contribution < 1.29 is 9.18 Å². The molecule has 2 aromatic heterocycles. The Morgan fingerprint density at radius 2 is 2.32 bits per heavy atom. The van der Waals surface area contributed by atoms with Crippen molar-refractivity contribution >= 4 is 38.7 Å². The fourth-order valence-corrected chi connectivity index (χ4v) is 3.67. The first-order valence-corrected chi connectivity index (χ1v) is 8.28. The number of carbonyl (C=O) groups excluding carboxylic acids is 1. The number of aromatic nitrogens is 2. The first kappa shape index (κ1) is 14.8. The predicted octanol–water partition coefficient (Wildman–Crippen LogP) is 3.70. The standard InChI is InChI=1S/C15H10FN3OS2/c16-9-1-4-14-12(5-9)19-15(22-14)11(6-17)13(20)3-2-10-7-21-8-18-10/h1,4-5,7-8,11H,2-3H2. The van der Waals surface area contributed by atoms with Crippen LogP contribution in [0.15, 0.2) is 29.1 Å². The van der Waals surface area contributed by atoms with Gasteiger partial charge in [0.15, 0.2) is 11.7 Å². The number of hydrogen-bond acceptors (Lipinski definition) is 6. The molecule has 0 aliphatic heterocycles. The molecule has 0 amide bonds. The van der Waals surface area contributed by atoms with Gasteiger partial charge in [-0.15, -0.1) is 22.7 Å². The maximum Gasteiger partial charge on any atom is 0.157 e. The highest BCUT2D eigenvalue weighted by molar-refractivity contribution is 7.18. The molecule has 0 bridgehead atoms. The molecule has 0 saturated heterocycles. The van der Waals surface area contributed by atoms with Crippen LogP contribution in [0.2, 0.25) is 0 Å². The first-order chi connectivity index (χ1) is 10.7. The monoisotopic (exact) mass is 331 g/mol. The zero-order chi connectivity index (χ0) is 15.5. The third-order valence-corrected chi connectivity index (χ3v) is 4.91. The summed E-state index contributed by atoms with van der Waals surface area (Å²) >= 11 is 2.73. The molecule has 1 unspecified atom stereocenters. The van der Waals surface area contributed by atoms with E-state index in [4.69, 9.17) is 0 Å². The van der Waals surface area contributed by atoms with E-state index in [1.54, 1.807) is 11.6 Å². The molecule has 110 valence electrons. The summed E-state index contributed by atoms with van der Waals surface area (Å²) in [6, 6.07) is 6.27. The summed E-state index contributed by atoms with van der Waals surface area (Å²) in [6.07, 6.45) is 0.756. The topological polar surface area (TPSA) is 66.6 Å². The third-order valence-electron chi connectivity index (χ3n) is 3.18. The number of hydrogen-bond donors (Lipinski definition) is 0. The summed E-state index contributed by atoms with van der Waals surface area (Å²) in [6.45, 7) is 0. The smallest absolute Gasteiger partial charge is 0.157 e. The van der Waals surface area contributed by atoms with E-state index in [1.807, 2.05) is 11.4 Å². The Morgan fingerprint density at radius 3 is 3.05 bits per heavy atom. The molecule has 0 saturated carbocycles. The minimum atomic E-state index is -0.904. The normalized spacial score (nSPS) is 12.2. The molecular weight excluding hydrogens is 321 g/mol. The van der Waals surface area contributed by atoms with Crippen molar-refractivity contribution in [3.05, 3.63) is 45.6 Å². The number of nitrogens with zero attached hydrogens (tertiary/aromatic N) is 3. The van der Waals surface area contributed by atoms with Crippen LogP contribution in [0.5, 0.6) is 0 Å². The molecule has 3 rings (SSSR count). The molecule has 1 aromatic carbocycles. The van der Waals surface area contributed by atoms with Gasteiger partial charge in [0.2, 0.25) is 0 Å². The molecule has 0 fully saturated rings. The number of fused-ring (bicyclic) bond motifs is 1. The van der Waals surface area contributed by atoms with Gasteiger partial charge >= 0.3 is 0 Å². The van der Waals surface area contributed by atoms with E-state index in [9.17, 15) is 14.4 Å². The van der Waals surface area contributed by atoms with Gasteiger partial charge in [0.1, 0.15) is 10.8 Å². The quantitative estimate of drug-likeness (QED) is 0.715. The summed E-state index contributed by atoms with van der Waals surface area (Å²) in [5.74, 6) is -1.47. The first-order valence-electron chi connectivity index (χ1n) is 6.53. The van der Waals surface area contributed by atoms with Gasteiger partial charge in [-0.1, -0.05) is 0 Å². The third kappa shape index (κ3) is 3.03. The van der Waals surface area contributed by atoms with Gasteiger partial charge in [0.25, 0.3) is 0 Å². The van der Waals surface area contributed by atoms with Crippen LogP contribution in [0.1, 0.15) is 23.0 Å². The van der Waals surface area contributed by atoms with E-state index in [0.717, 1.165) is 10.4 Å². The second-order valence-corrected chi connectivity index (χ2v) is 6.45. The SMILES string of the molecule is N#CC(C(=O)CCc1cscn1)c1nc2cc(F)ccc2s1. The lowest BCUT2D eigenvalue weighted by Gasteiger charge is -2.03. The molecule has 7 heteroatoms. The Balaban J connectivity index is 1.79. The lowest BCUT2D eigenvalue weighted by Crippen LogP contribution is -2.11. The lowest BCUT2D eigenvalue weighted by molar-refractivity contribution is -0.119. The zero-order valence-electron chi connectivity index (χ0n) is 11.3. The molecular formula is C15H10FN3OS2. The van der Waals surface area contributed by atoms with Crippen LogP contribution < -0.4 is 0 Å². The summed E-state index contributed by atoms with van der Waals surface area (Å²) in [5, 5.41) is 11.6. The summed E-state index contributed by atoms with van der Waals surface area (Å²) in [7, 11) is 0. The molecule has 2 heterocycles. The van der Waals surface area contributed by atoms with Gasteiger partial charge < -0.3 is 0 Å². The molecule has 0 aliphatic carbocycles. The zero-order valence-corrected chi connectivity index (χ0v) is 13.0. The number of ketones is 1. The number of aryl methyl sites for hydroxylation is 1. The van der Waals surface area contributed by atoms with Crippen molar-refractivity contribution in [3.63, 3.8) is 0 Å². The average Bonchev–Trinajstić information content (AvgIpc) is 3.14. The van der Waals surface area contributed by atoms with Crippen LogP contribution in [0.25, 0.3) is 10.2 Å². The van der Waals surface area contributed by atoms with E-state index in [2.05, 4.69) is 9.97 Å². The summed E-state index contributed by atoms with van der Waals surface area (Å²) < 4.78 is 14.0. The van der Waals surface area contributed by atoms with E-state index in [1.165, 1.54) is 34.8 Å². The van der Waals surface area contributed by atoms with Crippen LogP contribution in [0.4, 0.5) is 4.39 Å². The van der Waals surface area contributed by atoms with Gasteiger partial charge in [-0.3, -0.25) is 4.79 Å². The van der Waals surface area contributed by atoms with Gasteiger partial charge in [0, 0.05) is 17.9 Å². The number of nitriles is 1. The highest BCUT2D eigenvalue weighted by Gasteiger charge is 2.24. The summed E-state index contributed by atoms with van der Waals surface area (Å²) in [4.78, 5) is 20.6. The maximum absolute atomic E-state index is 13.2. The van der Waals surface area contributed by atoms with Crippen molar-refractivity contribution in [1.29, 1.82) is 5.26 Å². The Morgan fingerprint density at radius 1 is 1.45 bits per heavy atom. The van der Waals surface area contributed by atoms with Gasteiger partial charge in [-0.25, -0.2) is 14.4 Å². The van der Waals surface area contributed by atoms with E-state index in [-0.39, 0.29) is 18.0 Å². The van der Waals surface area contributed by atoms with E-state index < -0.39 is 5.92 Å². The van der Waals surface area contributed by atoms with Crippen LogP contribution in [0.3, 0.4) is 0 Å². The van der Waals surface area contributed by atoms with E-state index >= 15 is 0 Å². The molecule has 0 aliphatic rings. The lowest BCUT2D eigenvalue weighted by atomic mass is 10.0. The second kappa shape index (κ2) is 6.30. The van der Waals surface area contributed by atoms with Crippen molar-refractivity contribution in [3.8, 4) is 6.07 Å². The van der Waals surface area contributed by atoms with Gasteiger partial charge in [-0.05, 0) is 18.6 Å². The number of halogens is 1. The van der Waals surface area contributed by atoms with Crippen LogP contribution in [0, 0.1) is 17.1 Å². The number of thiazole rings is 2. The Hall–Kier alpha value is -2.17. The maximum atomic E-state index is 13.2. The molecule has 3 aromatic rings. The van der Waals surface area contributed by atoms with Crippen molar-refractivity contribution in [2.45, 2.75) is 18.8 Å². The van der Waals surface area contributed by atoms with Crippen molar-refractivity contribution in [2.75, 3.05) is 0 Å². The molecule has 4 nitrogen and oxygen atoms in total. The van der Waals surface area contributed by atoms with Crippen molar-refractivity contribution in [2.24, 2.45) is 0 Å². The number of Topliss-reactive ketones (excluding diaryl/α,β-unsaturated/α-hetero) is 1. The van der Waals surface area contributed by atoms with E-state index in [0.29, 0.717) is 16.9 Å². The van der Waals surface area contributed by atoms with Crippen LogP contribution in [-0.2, 0) is 11.2 Å². The van der Waals surface area contributed by atoms with Crippen molar-refractivity contribution in [1.82, 2.24) is 9.97 Å². The molecule has 1 atom stereocenters. The largest absolute Gasteiger partial charge is 0.298 e. The molecule has 22 heavy (non-hydrogen) atoms. The highest BCUT2D eigenvalue weighted by atomic mass is 32.1. The Labute approximate surface area is 133 Å². The average molecular weight is 331 g/mol. The number of carbonyl (C=O) groups is 1. The van der Waals surface area contributed by atoms with Gasteiger partial charge in [-0.2, -0.15) is 5.26 Å². The minimum Gasteiger partial charge on any atom is -0.298 e. The summed E-state index contributed by atoms with van der Waals surface area (Å²) in [5.41, 5.74) is 3.04. The minimum absolute atomic E-state index is 0.185. The van der Waals surface area contributed by atoms with Crippen LogP contribution in [-0.4, -0.2) is 15.8 Å². The van der Waals surface area contributed by atoms with Crippen LogP contribution >= 0.6 is 22.7 Å². The fraction of sp³-hybridized carbons (Fsp3) is 0.200. The number of benzene rings is 1. The highest BCUT2D eigenvalue weighted by Crippen LogP contribution is 2.29. The van der Waals surface area contributed by atoms with Gasteiger partial charge in [0.05, 0.1) is 27.5 Å². The Bertz CT molecular complexity index is 851. The molecule has 0 spiro atoms.